The van der Waals surface area contributed by atoms with E-state index < -0.39 is 12.0 Å². The lowest BCUT2D eigenvalue weighted by atomic mass is 9.76. The van der Waals surface area contributed by atoms with Crippen LogP contribution in [0.25, 0.3) is 11.1 Å². The van der Waals surface area contributed by atoms with E-state index in [1.54, 1.807) is 0 Å². The van der Waals surface area contributed by atoms with Crippen molar-refractivity contribution in [2.45, 2.75) is 99.0 Å². The number of hydrogen-bond acceptors (Lipinski definition) is 6. The fourth-order valence-corrected chi connectivity index (χ4v) is 9.32. The fraction of sp³-hybridized carbons (Fsp3) is 0.500. The number of allylic oxidation sites excluding steroid dienone is 6. The highest BCUT2D eigenvalue weighted by Gasteiger charge is 2.41. The van der Waals surface area contributed by atoms with Crippen LogP contribution >= 0.6 is 0 Å². The minimum atomic E-state index is -0.816. The van der Waals surface area contributed by atoms with Gasteiger partial charge in [0.25, 0.3) is 0 Å². The highest BCUT2D eigenvalue weighted by Crippen LogP contribution is 2.52. The van der Waals surface area contributed by atoms with Crippen LogP contribution in [-0.2, 0) is 25.7 Å². The summed E-state index contributed by atoms with van der Waals surface area (Å²) in [5.74, 6) is 3.52. The van der Waals surface area contributed by atoms with Crippen molar-refractivity contribution < 1.29 is 19.7 Å². The fourth-order valence-electron chi connectivity index (χ4n) is 9.32. The van der Waals surface area contributed by atoms with Crippen molar-refractivity contribution in [3.05, 3.63) is 92.7 Å². The molecule has 0 radical (unpaired) electrons. The average molecular weight is 673 g/mol. The van der Waals surface area contributed by atoms with Gasteiger partial charge in [-0.1, -0.05) is 47.6 Å². The number of hydrogen-bond donors (Lipinski definition) is 2. The van der Waals surface area contributed by atoms with Gasteiger partial charge in [0.05, 0.1) is 12.0 Å². The minimum Gasteiger partial charge on any atom is -0.511 e. The van der Waals surface area contributed by atoms with Crippen molar-refractivity contribution in [2.24, 2.45) is 16.7 Å². The largest absolute Gasteiger partial charge is 0.511 e. The second-order valence-corrected chi connectivity index (χ2v) is 17.6. The third kappa shape index (κ3) is 4.99. The molecule has 1 aliphatic carbocycles. The zero-order valence-electron chi connectivity index (χ0n) is 30.7. The third-order valence-electron chi connectivity index (χ3n) is 12.0. The molecule has 0 amide bonds. The molecule has 2 atom stereocenters. The topological polar surface area (TPSA) is 65.4 Å². The zero-order chi connectivity index (χ0) is 34.7. The van der Waals surface area contributed by atoms with E-state index in [2.05, 4.69) is 81.7 Å². The minimum absolute atomic E-state index is 0.192. The summed E-state index contributed by atoms with van der Waals surface area (Å²) in [6.07, 6.45) is 16.3. The second-order valence-electron chi connectivity index (χ2n) is 17.6. The molecular weight excluding hydrogens is 620 g/mol. The van der Waals surface area contributed by atoms with Crippen LogP contribution in [0.15, 0.2) is 59.3 Å². The Bertz CT molecular complexity index is 1970. The van der Waals surface area contributed by atoms with Gasteiger partial charge in [0.2, 0.25) is 0 Å². The van der Waals surface area contributed by atoms with Crippen LogP contribution in [0.1, 0.15) is 101 Å². The zero-order valence-corrected chi connectivity index (χ0v) is 30.7. The van der Waals surface area contributed by atoms with Gasteiger partial charge in [-0.15, -0.1) is 0 Å². The Balaban J connectivity index is 1.15. The predicted octanol–water partition coefficient (Wildman–Crippen LogP) is 9.00. The summed E-state index contributed by atoms with van der Waals surface area (Å²) >= 11 is 0. The molecule has 2 N–H and O–H groups in total. The van der Waals surface area contributed by atoms with Crippen LogP contribution in [0.5, 0.6) is 11.5 Å². The maximum atomic E-state index is 11.8. The number of benzene rings is 2. The van der Waals surface area contributed by atoms with Gasteiger partial charge in [0.15, 0.2) is 0 Å². The first-order chi connectivity index (χ1) is 23.9. The lowest BCUT2D eigenvalue weighted by Crippen LogP contribution is -2.36. The first-order valence-electron chi connectivity index (χ1n) is 19.1. The highest BCUT2D eigenvalue weighted by molar-refractivity contribution is 5.88. The molecule has 2 aromatic rings. The van der Waals surface area contributed by atoms with E-state index in [9.17, 15) is 10.2 Å². The summed E-state index contributed by atoms with van der Waals surface area (Å²) in [4.78, 5) is 5.11. The van der Waals surface area contributed by atoms with E-state index in [1.165, 1.54) is 40.0 Å². The Morgan fingerprint density at radius 3 is 1.62 bits per heavy atom. The number of rotatable bonds is 2. The van der Waals surface area contributed by atoms with E-state index in [-0.39, 0.29) is 16.6 Å². The maximum Gasteiger partial charge on any atom is 0.140 e. The Morgan fingerprint density at radius 1 is 0.680 bits per heavy atom. The summed E-state index contributed by atoms with van der Waals surface area (Å²) < 4.78 is 13.5. The molecule has 6 heteroatoms. The predicted molar refractivity (Wildman–Crippen MR) is 202 cm³/mol. The molecule has 0 saturated heterocycles. The van der Waals surface area contributed by atoms with Crippen molar-refractivity contribution >= 4 is 22.5 Å². The van der Waals surface area contributed by atoms with Crippen LogP contribution in [0.4, 0.5) is 11.4 Å². The van der Waals surface area contributed by atoms with Gasteiger partial charge in [-0.2, -0.15) is 0 Å². The van der Waals surface area contributed by atoms with Crippen LogP contribution in [-0.4, -0.2) is 42.5 Å². The highest BCUT2D eigenvalue weighted by atomic mass is 16.5. The Labute approximate surface area is 297 Å². The monoisotopic (exact) mass is 672 g/mol. The summed E-state index contributed by atoms with van der Waals surface area (Å²) in [6.45, 7) is 17.5. The molecule has 2 unspecified atom stereocenters. The molecule has 0 saturated carbocycles. The Morgan fingerprint density at radius 2 is 1.14 bits per heavy atom. The summed E-state index contributed by atoms with van der Waals surface area (Å²) in [6, 6.07) is 4.65. The summed E-state index contributed by atoms with van der Waals surface area (Å²) in [7, 11) is 0. The van der Waals surface area contributed by atoms with Crippen molar-refractivity contribution in [1.29, 1.82) is 0 Å². The molecule has 0 spiro atoms. The van der Waals surface area contributed by atoms with Crippen molar-refractivity contribution in [3.8, 4) is 11.5 Å². The van der Waals surface area contributed by atoms with Gasteiger partial charge in [0.1, 0.15) is 28.8 Å². The molecule has 50 heavy (non-hydrogen) atoms. The van der Waals surface area contributed by atoms with Gasteiger partial charge in [-0.05, 0) is 104 Å². The van der Waals surface area contributed by atoms with E-state index >= 15 is 0 Å². The molecule has 6 nitrogen and oxygen atoms in total. The number of ether oxygens (including phenoxy) is 2. The van der Waals surface area contributed by atoms with Gasteiger partial charge in [-0.25, -0.2) is 0 Å². The number of aryl methyl sites for hydroxylation is 2. The quantitative estimate of drug-likeness (QED) is 0.332. The van der Waals surface area contributed by atoms with E-state index in [0.29, 0.717) is 5.57 Å². The van der Waals surface area contributed by atoms with Crippen LogP contribution in [0.3, 0.4) is 0 Å². The number of fused-ring (bicyclic) bond motifs is 4. The van der Waals surface area contributed by atoms with Crippen LogP contribution in [0.2, 0.25) is 0 Å². The lowest BCUT2D eigenvalue weighted by Gasteiger charge is -2.40. The number of anilines is 2. The van der Waals surface area contributed by atoms with Crippen molar-refractivity contribution in [3.63, 3.8) is 0 Å². The van der Waals surface area contributed by atoms with Crippen LogP contribution < -0.4 is 19.3 Å². The molecule has 262 valence electrons. The maximum absolute atomic E-state index is 11.8. The SMILES string of the molecule is CC(C)(C)C1=C/C(=C\C2=C(O)C(/C=C3\C=C(C(C)(C)C)Oc4c3cc3c5c4CCCN5CCC3)C2O)c2cc3c4c(c2O1)CCCN4CCC3. The lowest BCUT2D eigenvalue weighted by molar-refractivity contribution is 0.113. The smallest absolute Gasteiger partial charge is 0.140 e. The van der Waals surface area contributed by atoms with Crippen molar-refractivity contribution in [2.75, 3.05) is 36.0 Å². The first kappa shape index (κ1) is 32.0. The van der Waals surface area contributed by atoms with Gasteiger partial charge < -0.3 is 29.5 Å². The van der Waals surface area contributed by atoms with Crippen LogP contribution in [0, 0.1) is 16.7 Å². The average Bonchev–Trinajstić information content (AvgIpc) is 3.09. The molecule has 0 aromatic heterocycles. The summed E-state index contributed by atoms with van der Waals surface area (Å²) in [5.41, 5.74) is 12.6. The Hall–Kier alpha value is -3.90. The molecular formula is C44H52N2O4. The standard InChI is InChI=1S/C44H52N2O4/c1-43(2,3)35-23-27(31-19-25-11-7-15-45-17-9-13-29(37(25)45)41(31)49-35)21-33-39(47)34(40(33)48)22-28-24-36(44(4,5)6)50-42-30-14-10-18-46-16-8-12-26(38(30)46)20-32(28)42/h19-24,33,39,47-48H,7-18H2,1-6H3/b27-21+,28-22+. The number of aliphatic hydroxyl groups is 2. The van der Waals surface area contributed by atoms with Crippen molar-refractivity contribution in [1.82, 2.24) is 0 Å². The molecule has 9 rings (SSSR count). The first-order valence-corrected chi connectivity index (χ1v) is 19.1. The Kier molecular flexibility index (Phi) is 7.24. The van der Waals surface area contributed by atoms with E-state index in [4.69, 9.17) is 9.47 Å². The molecule has 0 fully saturated rings. The molecule has 6 aliphatic heterocycles. The third-order valence-corrected chi connectivity index (χ3v) is 12.0. The molecule has 6 heterocycles. The van der Waals surface area contributed by atoms with Gasteiger partial charge in [0, 0.05) is 76.2 Å². The van der Waals surface area contributed by atoms with Gasteiger partial charge in [-0.3, -0.25) is 0 Å². The van der Waals surface area contributed by atoms with E-state index in [1.807, 2.05) is 6.08 Å². The number of aliphatic hydroxyl groups excluding tert-OH is 2. The molecule has 2 aromatic carbocycles. The second kappa shape index (κ2) is 11.3. The molecule has 7 aliphatic rings. The van der Waals surface area contributed by atoms with Gasteiger partial charge >= 0.3 is 0 Å². The molecule has 0 bridgehead atoms. The normalized spacial score (nSPS) is 25.5. The van der Waals surface area contributed by atoms with E-state index in [0.717, 1.165) is 116 Å². The number of nitrogens with zero attached hydrogens (tertiary/aromatic N) is 2. The summed E-state index contributed by atoms with van der Waals surface area (Å²) in [5, 5.41) is 23.5.